The van der Waals surface area contributed by atoms with Gasteiger partial charge in [0.15, 0.2) is 0 Å². The lowest BCUT2D eigenvalue weighted by molar-refractivity contribution is 0.759. The second kappa shape index (κ2) is 14.6. The molecule has 0 N–H and O–H groups in total. The van der Waals surface area contributed by atoms with Crippen molar-refractivity contribution in [3.63, 3.8) is 0 Å². The lowest BCUT2D eigenvalue weighted by Crippen LogP contribution is -2.30. The SMILES string of the molecule is C=C1/C=C\C=C/Cc2ccccc2C12c1cc(N(c3ccccc3)c3cccc4ccccc34)ccc1-c1ccc(N(c3ccccc3)c3cccc4ccccc34)cc12. The van der Waals surface area contributed by atoms with Crippen LogP contribution in [0.3, 0.4) is 0 Å². The van der Waals surface area contributed by atoms with Crippen molar-refractivity contribution in [2.75, 3.05) is 9.80 Å². The number of nitrogens with zero attached hydrogens (tertiary/aromatic N) is 2. The standard InChI is InChI=1S/C58H42N2/c1-41-19-5-2-6-22-44-23-13-16-32-53(44)58(41)54-39-47(59(45-26-7-3-8-27-45)56-33-17-24-42-20-11-14-30-49(42)56)35-37-51(54)52-38-36-48(40-55(52)58)60(46-28-9-4-10-29-46)57-34-18-25-43-21-12-15-31-50(43)57/h2-21,23-40H,1,22H2/b6-2-,19-5-. The first-order valence-corrected chi connectivity index (χ1v) is 20.8. The van der Waals surface area contributed by atoms with Crippen molar-refractivity contribution < 1.29 is 0 Å². The van der Waals surface area contributed by atoms with Gasteiger partial charge in [-0.1, -0.05) is 176 Å². The van der Waals surface area contributed by atoms with E-state index in [0.717, 1.165) is 46.1 Å². The fourth-order valence-corrected chi connectivity index (χ4v) is 9.84. The van der Waals surface area contributed by atoms with Gasteiger partial charge >= 0.3 is 0 Å². The van der Waals surface area contributed by atoms with Gasteiger partial charge in [0.05, 0.1) is 16.8 Å². The summed E-state index contributed by atoms with van der Waals surface area (Å²) in [7, 11) is 0. The van der Waals surface area contributed by atoms with E-state index in [-0.39, 0.29) is 0 Å². The first-order chi connectivity index (χ1) is 29.7. The number of fused-ring (bicyclic) bond motifs is 9. The Hall–Kier alpha value is -7.68. The smallest absolute Gasteiger partial charge is 0.0712 e. The van der Waals surface area contributed by atoms with Crippen molar-refractivity contribution in [2.24, 2.45) is 0 Å². The largest absolute Gasteiger partial charge is 0.310 e. The quantitative estimate of drug-likeness (QED) is 0.166. The number of para-hydroxylation sites is 2. The summed E-state index contributed by atoms with van der Waals surface area (Å²) in [6.45, 7) is 5.01. The van der Waals surface area contributed by atoms with Gasteiger partial charge < -0.3 is 9.80 Å². The zero-order valence-electron chi connectivity index (χ0n) is 33.2. The molecule has 0 atom stereocenters. The zero-order valence-corrected chi connectivity index (χ0v) is 33.2. The number of hydrogen-bond acceptors (Lipinski definition) is 2. The van der Waals surface area contributed by atoms with Crippen molar-refractivity contribution in [3.05, 3.63) is 265 Å². The van der Waals surface area contributed by atoms with Gasteiger partial charge in [-0.25, -0.2) is 0 Å². The Balaban J connectivity index is 1.20. The molecule has 11 rings (SSSR count). The maximum absolute atomic E-state index is 5.01. The molecule has 0 aliphatic heterocycles. The molecule has 9 aromatic rings. The first-order valence-electron chi connectivity index (χ1n) is 20.8. The Bertz CT molecular complexity index is 2970. The van der Waals surface area contributed by atoms with Crippen LogP contribution in [0.5, 0.6) is 0 Å². The van der Waals surface area contributed by atoms with E-state index in [4.69, 9.17) is 6.58 Å². The van der Waals surface area contributed by atoms with E-state index in [1.807, 2.05) is 0 Å². The van der Waals surface area contributed by atoms with E-state index < -0.39 is 5.41 Å². The molecule has 2 aliphatic carbocycles. The van der Waals surface area contributed by atoms with Gasteiger partial charge in [-0.15, -0.1) is 0 Å². The molecule has 284 valence electrons. The average Bonchev–Trinajstić information content (AvgIpc) is 3.62. The van der Waals surface area contributed by atoms with Crippen LogP contribution in [0.25, 0.3) is 32.7 Å². The zero-order chi connectivity index (χ0) is 40.0. The summed E-state index contributed by atoms with van der Waals surface area (Å²) < 4.78 is 0. The normalized spacial score (nSPS) is 14.7. The van der Waals surface area contributed by atoms with E-state index in [0.29, 0.717) is 0 Å². The Labute approximate surface area is 351 Å². The summed E-state index contributed by atoms with van der Waals surface area (Å²) in [6, 6.07) is 75.3. The fourth-order valence-electron chi connectivity index (χ4n) is 9.84. The average molecular weight is 767 g/mol. The number of allylic oxidation sites excluding steroid dienone is 5. The van der Waals surface area contributed by atoms with Crippen molar-refractivity contribution in [3.8, 4) is 11.1 Å². The molecule has 2 heteroatoms. The van der Waals surface area contributed by atoms with Crippen LogP contribution in [0.1, 0.15) is 22.3 Å². The van der Waals surface area contributed by atoms with Crippen LogP contribution < -0.4 is 9.80 Å². The molecule has 0 heterocycles. The van der Waals surface area contributed by atoms with Crippen LogP contribution >= 0.6 is 0 Å². The van der Waals surface area contributed by atoms with Crippen molar-refractivity contribution in [1.29, 1.82) is 0 Å². The van der Waals surface area contributed by atoms with Gasteiger partial charge in [0.1, 0.15) is 0 Å². The van der Waals surface area contributed by atoms with Crippen molar-refractivity contribution in [1.82, 2.24) is 0 Å². The van der Waals surface area contributed by atoms with Crippen LogP contribution in [0, 0.1) is 0 Å². The highest BCUT2D eigenvalue weighted by atomic mass is 15.1. The monoisotopic (exact) mass is 766 g/mol. The highest BCUT2D eigenvalue weighted by molar-refractivity contribution is 6.01. The van der Waals surface area contributed by atoms with E-state index in [2.05, 4.69) is 240 Å². The van der Waals surface area contributed by atoms with E-state index in [1.54, 1.807) is 0 Å². The van der Waals surface area contributed by atoms with E-state index in [9.17, 15) is 0 Å². The maximum atomic E-state index is 5.01. The highest BCUT2D eigenvalue weighted by Crippen LogP contribution is 2.59. The minimum Gasteiger partial charge on any atom is -0.310 e. The third kappa shape index (κ3) is 5.64. The molecule has 60 heavy (non-hydrogen) atoms. The summed E-state index contributed by atoms with van der Waals surface area (Å²) in [5.74, 6) is 0. The Morgan fingerprint density at radius 2 is 0.883 bits per heavy atom. The molecule has 9 aromatic carbocycles. The molecule has 0 amide bonds. The Morgan fingerprint density at radius 3 is 1.45 bits per heavy atom. The van der Waals surface area contributed by atoms with E-state index in [1.165, 1.54) is 54.9 Å². The van der Waals surface area contributed by atoms with Gasteiger partial charge in [-0.2, -0.15) is 0 Å². The maximum Gasteiger partial charge on any atom is 0.0712 e. The van der Waals surface area contributed by atoms with Crippen LogP contribution in [0.2, 0.25) is 0 Å². The second-order valence-corrected chi connectivity index (χ2v) is 15.7. The van der Waals surface area contributed by atoms with Crippen molar-refractivity contribution >= 4 is 55.7 Å². The van der Waals surface area contributed by atoms with Gasteiger partial charge in [0.2, 0.25) is 0 Å². The Kier molecular flexibility index (Phi) is 8.64. The van der Waals surface area contributed by atoms with Crippen LogP contribution in [0.15, 0.2) is 243 Å². The molecule has 2 nitrogen and oxygen atoms in total. The molecule has 0 unspecified atom stereocenters. The lowest BCUT2D eigenvalue weighted by atomic mass is 9.66. The summed E-state index contributed by atoms with van der Waals surface area (Å²) in [5.41, 5.74) is 14.5. The highest BCUT2D eigenvalue weighted by Gasteiger charge is 2.48. The van der Waals surface area contributed by atoms with Crippen molar-refractivity contribution in [2.45, 2.75) is 11.8 Å². The van der Waals surface area contributed by atoms with E-state index >= 15 is 0 Å². The minimum atomic E-state index is -0.696. The van der Waals surface area contributed by atoms with Crippen LogP contribution in [-0.2, 0) is 11.8 Å². The van der Waals surface area contributed by atoms with Gasteiger partial charge in [0.25, 0.3) is 0 Å². The number of benzene rings is 9. The summed E-state index contributed by atoms with van der Waals surface area (Å²) in [5, 5.41) is 4.82. The molecule has 0 fully saturated rings. The fraction of sp³-hybridized carbons (Fsp3) is 0.0345. The number of rotatable bonds is 6. The molecule has 0 saturated heterocycles. The third-order valence-corrected chi connectivity index (χ3v) is 12.5. The number of anilines is 6. The first kappa shape index (κ1) is 35.5. The molecule has 2 aliphatic rings. The predicted octanol–water partition coefficient (Wildman–Crippen LogP) is 15.5. The van der Waals surface area contributed by atoms with Gasteiger partial charge in [-0.05, 0) is 117 Å². The summed E-state index contributed by atoms with van der Waals surface area (Å²) in [4.78, 5) is 4.84. The van der Waals surface area contributed by atoms with Crippen LogP contribution in [-0.4, -0.2) is 0 Å². The number of hydrogen-bond donors (Lipinski definition) is 0. The minimum absolute atomic E-state index is 0.696. The molecule has 1 spiro atoms. The molecule has 0 aromatic heterocycles. The summed E-state index contributed by atoms with van der Waals surface area (Å²) in [6.07, 6.45) is 9.65. The summed E-state index contributed by atoms with van der Waals surface area (Å²) >= 11 is 0. The molecule has 0 radical (unpaired) electrons. The molecule has 0 saturated carbocycles. The predicted molar refractivity (Wildman–Crippen MR) is 254 cm³/mol. The molecule has 0 bridgehead atoms. The third-order valence-electron chi connectivity index (χ3n) is 12.5. The second-order valence-electron chi connectivity index (χ2n) is 15.7. The Morgan fingerprint density at radius 1 is 0.400 bits per heavy atom. The van der Waals surface area contributed by atoms with Gasteiger partial charge in [-0.3, -0.25) is 0 Å². The molecular weight excluding hydrogens is 725 g/mol. The van der Waals surface area contributed by atoms with Gasteiger partial charge in [0, 0.05) is 33.5 Å². The van der Waals surface area contributed by atoms with Crippen LogP contribution in [0.4, 0.5) is 34.1 Å². The topological polar surface area (TPSA) is 6.48 Å². The molecular formula is C58H42N2. The lowest BCUT2D eigenvalue weighted by Gasteiger charge is -2.37.